The number of pyridine rings is 1. The monoisotopic (exact) mass is 330 g/mol. The molecule has 2 aromatic rings. The first-order valence-electron chi connectivity index (χ1n) is 7.58. The van der Waals surface area contributed by atoms with Crippen LogP contribution in [-0.4, -0.2) is 33.4 Å². The van der Waals surface area contributed by atoms with E-state index < -0.39 is 18.4 Å². The molecule has 0 aliphatic rings. The van der Waals surface area contributed by atoms with Crippen LogP contribution in [0.3, 0.4) is 0 Å². The number of carboxylic acids is 1. The molecule has 0 radical (unpaired) electrons. The van der Waals surface area contributed by atoms with Gasteiger partial charge < -0.3 is 10.0 Å². The summed E-state index contributed by atoms with van der Waals surface area (Å²) < 4.78 is 13.0. The summed E-state index contributed by atoms with van der Waals surface area (Å²) in [5.41, 5.74) is 1.83. The Labute approximate surface area is 139 Å². The van der Waals surface area contributed by atoms with Gasteiger partial charge in [0.1, 0.15) is 12.4 Å². The molecule has 0 saturated heterocycles. The third-order valence-electron chi connectivity index (χ3n) is 3.52. The van der Waals surface area contributed by atoms with E-state index in [1.165, 1.54) is 35.4 Å². The van der Waals surface area contributed by atoms with Crippen LogP contribution >= 0.6 is 0 Å². The Bertz CT molecular complexity index is 712. The highest BCUT2D eigenvalue weighted by molar-refractivity contribution is 5.95. The fourth-order valence-electron chi connectivity index (χ4n) is 2.23. The highest BCUT2D eigenvalue weighted by Gasteiger charge is 2.19. The van der Waals surface area contributed by atoms with Crippen LogP contribution < -0.4 is 0 Å². The predicted octanol–water partition coefficient (Wildman–Crippen LogP) is 3.07. The lowest BCUT2D eigenvalue weighted by Gasteiger charge is -2.21. The topological polar surface area (TPSA) is 70.5 Å². The Kier molecular flexibility index (Phi) is 5.63. The van der Waals surface area contributed by atoms with Gasteiger partial charge in [0.15, 0.2) is 0 Å². The molecular weight excluding hydrogens is 311 g/mol. The summed E-state index contributed by atoms with van der Waals surface area (Å²) in [6.07, 6.45) is 1.46. The Morgan fingerprint density at radius 2 is 1.83 bits per heavy atom. The van der Waals surface area contributed by atoms with Crippen molar-refractivity contribution in [3.8, 4) is 0 Å². The number of carbonyl (C=O) groups excluding carboxylic acids is 1. The van der Waals surface area contributed by atoms with E-state index in [-0.39, 0.29) is 18.3 Å². The van der Waals surface area contributed by atoms with Crippen LogP contribution in [0.5, 0.6) is 0 Å². The van der Waals surface area contributed by atoms with E-state index in [0.717, 1.165) is 5.69 Å². The summed E-state index contributed by atoms with van der Waals surface area (Å²) in [6.45, 7) is 3.63. The van der Waals surface area contributed by atoms with E-state index in [1.807, 2.05) is 13.8 Å². The average Bonchev–Trinajstić information content (AvgIpc) is 2.55. The number of halogens is 1. The number of carbonyl (C=O) groups is 2. The molecule has 0 fully saturated rings. The van der Waals surface area contributed by atoms with Crippen molar-refractivity contribution in [2.24, 2.45) is 0 Å². The number of amides is 1. The fourth-order valence-corrected chi connectivity index (χ4v) is 2.23. The number of carboxylic acid groups (broad SMARTS) is 1. The summed E-state index contributed by atoms with van der Waals surface area (Å²) >= 11 is 0. The summed E-state index contributed by atoms with van der Waals surface area (Å²) in [6, 6.07) is 9.00. The number of aromatic nitrogens is 1. The smallest absolute Gasteiger partial charge is 0.323 e. The number of hydrogen-bond donors (Lipinski definition) is 1. The van der Waals surface area contributed by atoms with Crippen LogP contribution in [0.15, 0.2) is 42.6 Å². The lowest BCUT2D eigenvalue weighted by molar-refractivity contribution is -0.137. The van der Waals surface area contributed by atoms with Crippen LogP contribution in [-0.2, 0) is 11.3 Å². The van der Waals surface area contributed by atoms with E-state index in [4.69, 9.17) is 5.11 Å². The SMILES string of the molecule is CC(C)c1ccc(C(=O)N(CC(=O)O)Cc2ccc(F)cc2)cn1. The number of hydrogen-bond acceptors (Lipinski definition) is 3. The number of benzene rings is 1. The third-order valence-corrected chi connectivity index (χ3v) is 3.52. The van der Waals surface area contributed by atoms with Gasteiger partial charge in [0.2, 0.25) is 0 Å². The highest BCUT2D eigenvalue weighted by atomic mass is 19.1. The second-order valence-corrected chi connectivity index (χ2v) is 5.81. The molecule has 0 aliphatic heterocycles. The van der Waals surface area contributed by atoms with Crippen molar-refractivity contribution >= 4 is 11.9 Å². The van der Waals surface area contributed by atoms with Gasteiger partial charge in [-0.15, -0.1) is 0 Å². The van der Waals surface area contributed by atoms with E-state index >= 15 is 0 Å². The number of aliphatic carboxylic acids is 1. The zero-order valence-corrected chi connectivity index (χ0v) is 13.6. The van der Waals surface area contributed by atoms with Crippen LogP contribution in [0, 0.1) is 5.82 Å². The van der Waals surface area contributed by atoms with Crippen molar-refractivity contribution in [2.45, 2.75) is 26.3 Å². The molecule has 2 rings (SSSR count). The molecule has 126 valence electrons. The van der Waals surface area contributed by atoms with Crippen molar-refractivity contribution < 1.29 is 19.1 Å². The van der Waals surface area contributed by atoms with Crippen LogP contribution in [0.25, 0.3) is 0 Å². The summed E-state index contributed by atoms with van der Waals surface area (Å²) in [5.74, 6) is -1.69. The minimum absolute atomic E-state index is 0.0807. The van der Waals surface area contributed by atoms with Gasteiger partial charge in [-0.05, 0) is 35.7 Å². The third kappa shape index (κ3) is 4.62. The second-order valence-electron chi connectivity index (χ2n) is 5.81. The van der Waals surface area contributed by atoms with Gasteiger partial charge in [0, 0.05) is 18.4 Å². The van der Waals surface area contributed by atoms with E-state index in [0.29, 0.717) is 11.1 Å². The molecule has 0 saturated carbocycles. The number of nitrogens with zero attached hydrogens (tertiary/aromatic N) is 2. The Morgan fingerprint density at radius 1 is 1.17 bits per heavy atom. The quantitative estimate of drug-likeness (QED) is 0.883. The van der Waals surface area contributed by atoms with Gasteiger partial charge in [-0.25, -0.2) is 4.39 Å². The number of rotatable bonds is 6. The molecule has 1 heterocycles. The Hall–Kier alpha value is -2.76. The summed E-state index contributed by atoms with van der Waals surface area (Å²) in [5, 5.41) is 9.05. The van der Waals surface area contributed by atoms with Crippen molar-refractivity contribution in [1.82, 2.24) is 9.88 Å². The molecule has 0 aliphatic carbocycles. The molecule has 1 N–H and O–H groups in total. The van der Waals surface area contributed by atoms with Gasteiger partial charge in [0.05, 0.1) is 5.56 Å². The van der Waals surface area contributed by atoms with Gasteiger partial charge >= 0.3 is 5.97 Å². The first kappa shape index (κ1) is 17.6. The van der Waals surface area contributed by atoms with Gasteiger partial charge in [0.25, 0.3) is 5.91 Å². The molecule has 0 unspecified atom stereocenters. The first-order chi connectivity index (χ1) is 11.4. The molecule has 6 heteroatoms. The zero-order chi connectivity index (χ0) is 17.7. The molecular formula is C18H19FN2O3. The predicted molar refractivity (Wildman–Crippen MR) is 87.1 cm³/mol. The maximum Gasteiger partial charge on any atom is 0.323 e. The first-order valence-corrected chi connectivity index (χ1v) is 7.58. The molecule has 1 aromatic carbocycles. The van der Waals surface area contributed by atoms with Crippen LogP contribution in [0.4, 0.5) is 4.39 Å². The Morgan fingerprint density at radius 3 is 2.33 bits per heavy atom. The molecule has 24 heavy (non-hydrogen) atoms. The maximum absolute atomic E-state index is 13.0. The normalized spacial score (nSPS) is 10.7. The van der Waals surface area contributed by atoms with E-state index in [9.17, 15) is 14.0 Å². The van der Waals surface area contributed by atoms with Crippen molar-refractivity contribution in [2.75, 3.05) is 6.54 Å². The van der Waals surface area contributed by atoms with Gasteiger partial charge in [-0.3, -0.25) is 14.6 Å². The fraction of sp³-hybridized carbons (Fsp3) is 0.278. The minimum Gasteiger partial charge on any atom is -0.480 e. The zero-order valence-electron chi connectivity index (χ0n) is 13.6. The minimum atomic E-state index is -1.11. The molecule has 1 amide bonds. The van der Waals surface area contributed by atoms with Crippen molar-refractivity contribution in [3.63, 3.8) is 0 Å². The van der Waals surface area contributed by atoms with Gasteiger partial charge in [-0.1, -0.05) is 26.0 Å². The second kappa shape index (κ2) is 7.68. The highest BCUT2D eigenvalue weighted by Crippen LogP contribution is 2.14. The lowest BCUT2D eigenvalue weighted by Crippen LogP contribution is -2.35. The van der Waals surface area contributed by atoms with E-state index in [2.05, 4.69) is 4.98 Å². The van der Waals surface area contributed by atoms with Crippen LogP contribution in [0.1, 0.15) is 41.4 Å². The standard InChI is InChI=1S/C18H19FN2O3/c1-12(2)16-8-5-14(9-20-16)18(24)21(11-17(22)23)10-13-3-6-15(19)7-4-13/h3-9,12H,10-11H2,1-2H3,(H,22,23). The van der Waals surface area contributed by atoms with Crippen molar-refractivity contribution in [3.05, 3.63) is 65.2 Å². The summed E-state index contributed by atoms with van der Waals surface area (Å²) in [7, 11) is 0. The van der Waals surface area contributed by atoms with E-state index in [1.54, 1.807) is 12.1 Å². The largest absolute Gasteiger partial charge is 0.480 e. The van der Waals surface area contributed by atoms with Crippen LogP contribution in [0.2, 0.25) is 0 Å². The molecule has 0 atom stereocenters. The average molecular weight is 330 g/mol. The van der Waals surface area contributed by atoms with Gasteiger partial charge in [-0.2, -0.15) is 0 Å². The molecule has 1 aromatic heterocycles. The molecule has 0 bridgehead atoms. The maximum atomic E-state index is 13.0. The Balaban J connectivity index is 2.21. The van der Waals surface area contributed by atoms with Crippen molar-refractivity contribution in [1.29, 1.82) is 0 Å². The molecule has 0 spiro atoms. The lowest BCUT2D eigenvalue weighted by atomic mass is 10.1. The molecule has 5 nitrogen and oxygen atoms in total. The summed E-state index contributed by atoms with van der Waals surface area (Å²) in [4.78, 5) is 29.1.